The molecule has 2 rings (SSSR count). The summed E-state index contributed by atoms with van der Waals surface area (Å²) in [5, 5.41) is 2.84. The molecule has 5 heteroatoms. The van der Waals surface area contributed by atoms with Crippen LogP contribution in [-0.2, 0) is 11.3 Å². The van der Waals surface area contributed by atoms with E-state index in [1.165, 1.54) is 0 Å². The van der Waals surface area contributed by atoms with Gasteiger partial charge in [0, 0.05) is 31.3 Å². The Bertz CT molecular complexity index is 570. The fraction of sp³-hybridized carbons (Fsp3) is 0.250. The van der Waals surface area contributed by atoms with Crippen LogP contribution in [0.5, 0.6) is 5.88 Å². The summed E-state index contributed by atoms with van der Waals surface area (Å²) in [4.78, 5) is 16.0. The van der Waals surface area contributed by atoms with Crippen molar-refractivity contribution in [2.24, 2.45) is 5.73 Å². The summed E-state index contributed by atoms with van der Waals surface area (Å²) >= 11 is 0. The number of carbonyl (C=O) groups excluding carboxylic acids is 1. The summed E-state index contributed by atoms with van der Waals surface area (Å²) in [6.45, 7) is 0.428. The number of hydrogen-bond donors (Lipinski definition) is 2. The van der Waals surface area contributed by atoms with Crippen LogP contribution >= 0.6 is 0 Å². The zero-order valence-corrected chi connectivity index (χ0v) is 12.0. The molecule has 110 valence electrons. The van der Waals surface area contributed by atoms with Crippen LogP contribution in [0.1, 0.15) is 23.6 Å². The largest absolute Gasteiger partial charge is 0.481 e. The molecule has 1 heterocycles. The van der Waals surface area contributed by atoms with Gasteiger partial charge in [-0.1, -0.05) is 36.4 Å². The van der Waals surface area contributed by atoms with E-state index < -0.39 is 0 Å². The maximum Gasteiger partial charge on any atom is 0.222 e. The molecule has 21 heavy (non-hydrogen) atoms. The summed E-state index contributed by atoms with van der Waals surface area (Å²) in [6.07, 6.45) is 1.93. The van der Waals surface area contributed by atoms with Gasteiger partial charge >= 0.3 is 0 Å². The number of aromatic nitrogens is 1. The Morgan fingerprint density at radius 3 is 2.67 bits per heavy atom. The third-order valence-corrected chi connectivity index (χ3v) is 3.13. The second-order valence-corrected chi connectivity index (χ2v) is 4.71. The molecule has 0 aliphatic rings. The first-order chi connectivity index (χ1) is 10.2. The smallest absolute Gasteiger partial charge is 0.222 e. The van der Waals surface area contributed by atoms with Crippen LogP contribution in [0.2, 0.25) is 0 Å². The molecule has 0 spiro atoms. The zero-order valence-electron chi connectivity index (χ0n) is 12.0. The minimum Gasteiger partial charge on any atom is -0.481 e. The van der Waals surface area contributed by atoms with Gasteiger partial charge in [0.2, 0.25) is 11.8 Å². The van der Waals surface area contributed by atoms with E-state index in [1.807, 2.05) is 36.4 Å². The van der Waals surface area contributed by atoms with Crippen molar-refractivity contribution in [1.82, 2.24) is 10.3 Å². The van der Waals surface area contributed by atoms with Crippen LogP contribution in [0.25, 0.3) is 0 Å². The Morgan fingerprint density at radius 2 is 2.05 bits per heavy atom. The van der Waals surface area contributed by atoms with Gasteiger partial charge in [-0.15, -0.1) is 0 Å². The maximum absolute atomic E-state index is 11.9. The van der Waals surface area contributed by atoms with E-state index in [0.717, 1.165) is 11.1 Å². The number of rotatable bonds is 6. The number of hydrogen-bond acceptors (Lipinski definition) is 4. The lowest BCUT2D eigenvalue weighted by Crippen LogP contribution is -2.27. The third-order valence-electron chi connectivity index (χ3n) is 3.13. The number of nitrogens with one attached hydrogen (secondary N) is 1. The highest BCUT2D eigenvalue weighted by molar-refractivity contribution is 5.76. The lowest BCUT2D eigenvalue weighted by Gasteiger charge is -2.12. The molecule has 3 N–H and O–H groups in total. The summed E-state index contributed by atoms with van der Waals surface area (Å²) < 4.78 is 4.98. The number of ether oxygens (including phenoxy) is 1. The Kier molecular flexibility index (Phi) is 5.29. The van der Waals surface area contributed by atoms with Crippen LogP contribution in [0, 0.1) is 0 Å². The van der Waals surface area contributed by atoms with E-state index in [2.05, 4.69) is 10.3 Å². The van der Waals surface area contributed by atoms with E-state index in [9.17, 15) is 4.79 Å². The normalized spacial score (nSPS) is 11.7. The molecular weight excluding hydrogens is 266 g/mol. The predicted octanol–water partition coefficient (Wildman–Crippen LogP) is 1.80. The van der Waals surface area contributed by atoms with Gasteiger partial charge in [-0.3, -0.25) is 4.79 Å². The summed E-state index contributed by atoms with van der Waals surface area (Å²) in [6, 6.07) is 12.9. The van der Waals surface area contributed by atoms with Gasteiger partial charge in [0.15, 0.2) is 0 Å². The van der Waals surface area contributed by atoms with Crippen molar-refractivity contribution in [2.75, 3.05) is 7.11 Å². The van der Waals surface area contributed by atoms with Crippen LogP contribution in [-0.4, -0.2) is 18.0 Å². The van der Waals surface area contributed by atoms with Crippen molar-refractivity contribution >= 4 is 5.91 Å². The van der Waals surface area contributed by atoms with Crippen LogP contribution in [0.3, 0.4) is 0 Å². The van der Waals surface area contributed by atoms with Crippen molar-refractivity contribution in [1.29, 1.82) is 0 Å². The minimum absolute atomic E-state index is 0.0813. The minimum atomic E-state index is -0.291. The highest BCUT2D eigenvalue weighted by Gasteiger charge is 2.11. The molecule has 1 aromatic carbocycles. The Balaban J connectivity index is 1.81. The number of benzene rings is 1. The maximum atomic E-state index is 11.9. The number of amides is 1. The van der Waals surface area contributed by atoms with E-state index in [1.54, 1.807) is 19.4 Å². The van der Waals surface area contributed by atoms with Crippen LogP contribution in [0.4, 0.5) is 0 Å². The Hall–Kier alpha value is -2.40. The molecule has 1 atom stereocenters. The van der Waals surface area contributed by atoms with Crippen molar-refractivity contribution in [3.8, 4) is 5.88 Å². The van der Waals surface area contributed by atoms with Crippen molar-refractivity contribution in [2.45, 2.75) is 19.0 Å². The molecule has 0 fully saturated rings. The highest BCUT2D eigenvalue weighted by Crippen LogP contribution is 2.13. The third kappa shape index (κ3) is 4.57. The molecule has 1 aromatic heterocycles. The molecule has 0 saturated heterocycles. The number of pyridine rings is 1. The zero-order chi connectivity index (χ0) is 15.1. The second kappa shape index (κ2) is 7.40. The van der Waals surface area contributed by atoms with Gasteiger partial charge in [0.05, 0.1) is 7.11 Å². The van der Waals surface area contributed by atoms with Crippen LogP contribution < -0.4 is 15.8 Å². The average molecular weight is 285 g/mol. The van der Waals surface area contributed by atoms with Crippen molar-refractivity contribution in [3.63, 3.8) is 0 Å². The quantitative estimate of drug-likeness (QED) is 0.848. The SMILES string of the molecule is COc1ccc(CNC(=O)CC(N)c2ccccc2)cn1. The van der Waals surface area contributed by atoms with E-state index in [4.69, 9.17) is 10.5 Å². The fourth-order valence-electron chi connectivity index (χ4n) is 1.93. The first-order valence-electron chi connectivity index (χ1n) is 6.75. The monoisotopic (exact) mass is 285 g/mol. The summed E-state index contributed by atoms with van der Waals surface area (Å²) in [7, 11) is 1.56. The van der Waals surface area contributed by atoms with Gasteiger partial charge in [-0.25, -0.2) is 4.98 Å². The second-order valence-electron chi connectivity index (χ2n) is 4.71. The number of nitrogens with zero attached hydrogens (tertiary/aromatic N) is 1. The number of carbonyl (C=O) groups is 1. The summed E-state index contributed by atoms with van der Waals surface area (Å²) in [5.41, 5.74) is 7.88. The number of methoxy groups -OCH3 is 1. The molecule has 2 aromatic rings. The first kappa shape index (κ1) is 15.0. The van der Waals surface area contributed by atoms with Gasteiger partial charge in [-0.2, -0.15) is 0 Å². The van der Waals surface area contributed by atoms with E-state index >= 15 is 0 Å². The Labute approximate surface area is 124 Å². The summed E-state index contributed by atoms with van der Waals surface area (Å²) in [5.74, 6) is 0.471. The molecule has 5 nitrogen and oxygen atoms in total. The lowest BCUT2D eigenvalue weighted by molar-refractivity contribution is -0.121. The molecule has 0 aliphatic heterocycles. The van der Waals surface area contributed by atoms with Gasteiger partial charge in [0.1, 0.15) is 0 Å². The first-order valence-corrected chi connectivity index (χ1v) is 6.75. The van der Waals surface area contributed by atoms with E-state index in [0.29, 0.717) is 12.4 Å². The standard InChI is InChI=1S/C16H19N3O2/c1-21-16-8-7-12(11-19-16)10-18-15(20)9-14(17)13-5-3-2-4-6-13/h2-8,11,14H,9-10,17H2,1H3,(H,18,20). The van der Waals surface area contributed by atoms with Gasteiger partial charge in [-0.05, 0) is 11.1 Å². The van der Waals surface area contributed by atoms with Gasteiger partial charge in [0.25, 0.3) is 0 Å². The molecule has 0 aliphatic carbocycles. The fourth-order valence-corrected chi connectivity index (χ4v) is 1.93. The number of nitrogens with two attached hydrogens (primary N) is 1. The average Bonchev–Trinajstić information content (AvgIpc) is 2.54. The Morgan fingerprint density at radius 1 is 1.29 bits per heavy atom. The highest BCUT2D eigenvalue weighted by atomic mass is 16.5. The molecule has 0 saturated carbocycles. The lowest BCUT2D eigenvalue weighted by atomic mass is 10.0. The molecule has 0 bridgehead atoms. The van der Waals surface area contributed by atoms with Gasteiger partial charge < -0.3 is 15.8 Å². The topological polar surface area (TPSA) is 77.2 Å². The van der Waals surface area contributed by atoms with Crippen LogP contribution in [0.15, 0.2) is 48.7 Å². The molecular formula is C16H19N3O2. The predicted molar refractivity (Wildman–Crippen MR) is 80.6 cm³/mol. The molecule has 0 radical (unpaired) electrons. The molecule has 1 amide bonds. The van der Waals surface area contributed by atoms with E-state index in [-0.39, 0.29) is 18.4 Å². The van der Waals surface area contributed by atoms with Crippen molar-refractivity contribution < 1.29 is 9.53 Å². The van der Waals surface area contributed by atoms with Crippen molar-refractivity contribution in [3.05, 3.63) is 59.8 Å². The molecule has 1 unspecified atom stereocenters.